The van der Waals surface area contributed by atoms with Crippen LogP contribution in [0.25, 0.3) is 0 Å². The summed E-state index contributed by atoms with van der Waals surface area (Å²) < 4.78 is 0. The molecule has 1 unspecified atom stereocenters. The smallest absolute Gasteiger partial charge is 0.0330 e. The lowest BCUT2D eigenvalue weighted by Gasteiger charge is -2.20. The molecule has 2 N–H and O–H groups in total. The van der Waals surface area contributed by atoms with Gasteiger partial charge in [-0.25, -0.2) is 0 Å². The van der Waals surface area contributed by atoms with E-state index >= 15 is 0 Å². The number of aryl methyl sites for hydroxylation is 1. The zero-order valence-electron chi connectivity index (χ0n) is 11.5. The normalized spacial score (nSPS) is 16.3. The third kappa shape index (κ3) is 2.43. The summed E-state index contributed by atoms with van der Waals surface area (Å²) in [7, 11) is 0. The lowest BCUT2D eigenvalue weighted by molar-refractivity contribution is 0.453. The molecule has 1 aliphatic rings. The van der Waals surface area contributed by atoms with Gasteiger partial charge < -0.3 is 5.73 Å². The van der Waals surface area contributed by atoms with Gasteiger partial charge in [0.2, 0.25) is 0 Å². The number of fused-ring (bicyclic) bond motifs is 1. The average Bonchev–Trinajstić information content (AvgIpc) is 2.90. The van der Waals surface area contributed by atoms with Crippen LogP contribution in [0.4, 0.5) is 0 Å². The van der Waals surface area contributed by atoms with Crippen molar-refractivity contribution < 1.29 is 0 Å². The maximum atomic E-state index is 6.50. The first-order chi connectivity index (χ1) is 9.28. The van der Waals surface area contributed by atoms with Crippen LogP contribution in [0.2, 0.25) is 0 Å². The summed E-state index contributed by atoms with van der Waals surface area (Å²) in [5, 5.41) is 0. The molecule has 98 valence electrons. The molecule has 0 radical (unpaired) electrons. The highest BCUT2D eigenvalue weighted by Crippen LogP contribution is 2.34. The quantitative estimate of drug-likeness (QED) is 0.885. The maximum Gasteiger partial charge on any atom is 0.0330 e. The van der Waals surface area contributed by atoms with Gasteiger partial charge in [0.25, 0.3) is 0 Å². The third-order valence-corrected chi connectivity index (χ3v) is 4.33. The van der Waals surface area contributed by atoms with E-state index < -0.39 is 0 Å². The minimum Gasteiger partial charge on any atom is -0.324 e. The van der Waals surface area contributed by atoms with Crippen molar-refractivity contribution in [2.75, 3.05) is 0 Å². The topological polar surface area (TPSA) is 26.0 Å². The second-order valence-corrected chi connectivity index (χ2v) is 5.56. The zero-order valence-corrected chi connectivity index (χ0v) is 11.5. The molecule has 1 aliphatic carbocycles. The van der Waals surface area contributed by atoms with E-state index in [1.54, 1.807) is 0 Å². The number of nitrogens with two attached hydrogens (primary N) is 1. The molecule has 0 saturated heterocycles. The second kappa shape index (κ2) is 5.18. The summed E-state index contributed by atoms with van der Waals surface area (Å²) in [5.41, 5.74) is 12.1. The Bertz CT molecular complexity index is 548. The van der Waals surface area contributed by atoms with Gasteiger partial charge in [-0.3, -0.25) is 0 Å². The Morgan fingerprint density at radius 3 is 2.37 bits per heavy atom. The lowest BCUT2D eigenvalue weighted by Crippen LogP contribution is -2.22. The van der Waals surface area contributed by atoms with Crippen molar-refractivity contribution in [3.63, 3.8) is 0 Å². The second-order valence-electron chi connectivity index (χ2n) is 5.56. The van der Waals surface area contributed by atoms with E-state index in [2.05, 4.69) is 55.5 Å². The molecule has 1 heteroatoms. The molecule has 2 aromatic carbocycles. The molecule has 3 rings (SSSR count). The maximum absolute atomic E-state index is 6.50. The molecule has 0 spiro atoms. The van der Waals surface area contributed by atoms with E-state index in [1.165, 1.54) is 22.3 Å². The first-order valence-electron chi connectivity index (χ1n) is 7.19. The molecule has 1 atom stereocenters. The predicted molar refractivity (Wildman–Crippen MR) is 80.1 cm³/mol. The molecule has 19 heavy (non-hydrogen) atoms. The molecule has 0 fully saturated rings. The highest BCUT2D eigenvalue weighted by atomic mass is 14.7. The number of hydrogen-bond donors (Lipinski definition) is 1. The van der Waals surface area contributed by atoms with E-state index in [1.807, 2.05) is 0 Å². The van der Waals surface area contributed by atoms with Crippen LogP contribution in [0.1, 0.15) is 35.2 Å². The molecular weight excluding hydrogens is 230 g/mol. The summed E-state index contributed by atoms with van der Waals surface area (Å²) in [5.74, 6) is 0.546. The van der Waals surface area contributed by atoms with Gasteiger partial charge in [-0.1, -0.05) is 55.5 Å². The summed E-state index contributed by atoms with van der Waals surface area (Å²) in [6.07, 6.45) is 3.31. The number of rotatable bonds is 3. The van der Waals surface area contributed by atoms with Crippen molar-refractivity contribution in [2.24, 2.45) is 11.7 Å². The van der Waals surface area contributed by atoms with Gasteiger partial charge in [-0.05, 0) is 47.4 Å². The van der Waals surface area contributed by atoms with Crippen LogP contribution in [0, 0.1) is 5.92 Å². The van der Waals surface area contributed by atoms with Gasteiger partial charge in [0.15, 0.2) is 0 Å². The largest absolute Gasteiger partial charge is 0.324 e. The SMILES string of the molecule is CCc1cccc(C(N)C2Cc3ccccc3C2)c1. The molecule has 2 aromatic rings. The van der Waals surface area contributed by atoms with Gasteiger partial charge in [0, 0.05) is 6.04 Å². The summed E-state index contributed by atoms with van der Waals surface area (Å²) in [6.45, 7) is 2.19. The molecule has 0 heterocycles. The van der Waals surface area contributed by atoms with Crippen LogP contribution in [0.5, 0.6) is 0 Å². The Balaban J connectivity index is 1.80. The summed E-state index contributed by atoms with van der Waals surface area (Å²) in [4.78, 5) is 0. The van der Waals surface area contributed by atoms with Gasteiger partial charge >= 0.3 is 0 Å². The van der Waals surface area contributed by atoms with E-state index in [9.17, 15) is 0 Å². The number of benzene rings is 2. The highest BCUT2D eigenvalue weighted by Gasteiger charge is 2.27. The van der Waals surface area contributed by atoms with Crippen molar-refractivity contribution in [3.8, 4) is 0 Å². The van der Waals surface area contributed by atoms with Gasteiger partial charge in [0.05, 0.1) is 0 Å². The summed E-state index contributed by atoms with van der Waals surface area (Å²) >= 11 is 0. The van der Waals surface area contributed by atoms with Crippen LogP contribution in [-0.4, -0.2) is 0 Å². The average molecular weight is 251 g/mol. The van der Waals surface area contributed by atoms with Crippen LogP contribution >= 0.6 is 0 Å². The minimum absolute atomic E-state index is 0.152. The van der Waals surface area contributed by atoms with E-state index in [0.29, 0.717) is 5.92 Å². The fourth-order valence-corrected chi connectivity index (χ4v) is 3.14. The highest BCUT2D eigenvalue weighted by molar-refractivity contribution is 5.34. The number of hydrogen-bond acceptors (Lipinski definition) is 1. The van der Waals surface area contributed by atoms with Crippen LogP contribution in [0.15, 0.2) is 48.5 Å². The third-order valence-electron chi connectivity index (χ3n) is 4.33. The molecule has 1 nitrogen and oxygen atoms in total. The Kier molecular flexibility index (Phi) is 3.39. The molecule has 0 amide bonds. The van der Waals surface area contributed by atoms with Crippen molar-refractivity contribution in [1.82, 2.24) is 0 Å². The lowest BCUT2D eigenvalue weighted by atomic mass is 9.90. The van der Waals surface area contributed by atoms with Crippen molar-refractivity contribution in [1.29, 1.82) is 0 Å². The van der Waals surface area contributed by atoms with Gasteiger partial charge in [-0.15, -0.1) is 0 Å². The molecule has 0 bridgehead atoms. The molecule has 0 saturated carbocycles. The zero-order chi connectivity index (χ0) is 13.2. The molecule has 0 aromatic heterocycles. The fourth-order valence-electron chi connectivity index (χ4n) is 3.14. The van der Waals surface area contributed by atoms with Crippen molar-refractivity contribution in [2.45, 2.75) is 32.2 Å². The molecular formula is C18H21N. The fraction of sp³-hybridized carbons (Fsp3) is 0.333. The van der Waals surface area contributed by atoms with Crippen LogP contribution < -0.4 is 5.73 Å². The van der Waals surface area contributed by atoms with E-state index in [0.717, 1.165) is 19.3 Å². The Hall–Kier alpha value is -1.60. The Morgan fingerprint density at radius 1 is 1.05 bits per heavy atom. The molecule has 0 aliphatic heterocycles. The monoisotopic (exact) mass is 251 g/mol. The van der Waals surface area contributed by atoms with Crippen LogP contribution in [0.3, 0.4) is 0 Å². The van der Waals surface area contributed by atoms with E-state index in [4.69, 9.17) is 5.73 Å². The summed E-state index contributed by atoms with van der Waals surface area (Å²) in [6, 6.07) is 17.7. The minimum atomic E-state index is 0.152. The van der Waals surface area contributed by atoms with Crippen molar-refractivity contribution >= 4 is 0 Å². The van der Waals surface area contributed by atoms with Gasteiger partial charge in [0.1, 0.15) is 0 Å². The van der Waals surface area contributed by atoms with Crippen molar-refractivity contribution in [3.05, 3.63) is 70.8 Å². The predicted octanol–water partition coefficient (Wildman–Crippen LogP) is 3.66. The van der Waals surface area contributed by atoms with E-state index in [-0.39, 0.29) is 6.04 Å². The first kappa shape index (κ1) is 12.4. The van der Waals surface area contributed by atoms with Crippen LogP contribution in [-0.2, 0) is 19.3 Å². The first-order valence-corrected chi connectivity index (χ1v) is 7.19. The Labute approximate surface area is 115 Å². The Morgan fingerprint density at radius 2 is 1.74 bits per heavy atom. The van der Waals surface area contributed by atoms with Gasteiger partial charge in [-0.2, -0.15) is 0 Å². The standard InChI is InChI=1S/C18H21N/c1-2-13-6-5-9-16(10-13)18(19)17-11-14-7-3-4-8-15(14)12-17/h3-10,17-18H,2,11-12,19H2,1H3.